The van der Waals surface area contributed by atoms with Crippen LogP contribution in [0.15, 0.2) is 5.10 Å². The normalized spacial score (nSPS) is 28.6. The van der Waals surface area contributed by atoms with E-state index in [9.17, 15) is 9.90 Å². The fourth-order valence-electron chi connectivity index (χ4n) is 1.26. The summed E-state index contributed by atoms with van der Waals surface area (Å²) in [4.78, 5) is 13.9. The van der Waals surface area contributed by atoms with Gasteiger partial charge in [0, 0.05) is 7.05 Å². The van der Waals surface area contributed by atoms with Crippen LogP contribution in [0.5, 0.6) is 0 Å². The van der Waals surface area contributed by atoms with Crippen LogP contribution >= 0.6 is 0 Å². The Kier molecular flexibility index (Phi) is 2.77. The van der Waals surface area contributed by atoms with Crippen LogP contribution in [0.3, 0.4) is 0 Å². The van der Waals surface area contributed by atoms with Crippen LogP contribution in [0.1, 0.15) is 6.92 Å². The number of guanidine groups is 1. The highest BCUT2D eigenvalue weighted by Crippen LogP contribution is 2.18. The second-order valence-electron chi connectivity index (χ2n) is 3.01. The van der Waals surface area contributed by atoms with Gasteiger partial charge in [-0.25, -0.2) is 15.5 Å². The van der Waals surface area contributed by atoms with Gasteiger partial charge in [0.05, 0.1) is 6.04 Å². The first-order chi connectivity index (χ1) is 6.54. The smallest absolute Gasteiger partial charge is 0.329 e. The number of carbonyl (C=O) groups is 1. The molecule has 0 bridgehead atoms. The molecule has 2 unspecified atom stereocenters. The van der Waals surface area contributed by atoms with Crippen molar-refractivity contribution in [1.29, 1.82) is 0 Å². The molecule has 0 saturated carbocycles. The lowest BCUT2D eigenvalue weighted by atomic mass is 10.3. The summed E-state index contributed by atoms with van der Waals surface area (Å²) in [6.45, 7) is 1.70. The van der Waals surface area contributed by atoms with Crippen molar-refractivity contribution >= 4 is 12.0 Å². The molecule has 0 aliphatic carbocycles. The highest BCUT2D eigenvalue weighted by Gasteiger charge is 2.42. The quantitative estimate of drug-likeness (QED) is 0.153. The summed E-state index contributed by atoms with van der Waals surface area (Å²) < 4.78 is 0. The molecule has 1 aliphatic heterocycles. The second kappa shape index (κ2) is 3.68. The van der Waals surface area contributed by atoms with Crippen LogP contribution in [0, 0.1) is 0 Å². The Hall–Kier alpha value is -1.54. The first-order valence-corrected chi connectivity index (χ1v) is 4.03. The lowest BCUT2D eigenvalue weighted by Crippen LogP contribution is -2.50. The third-order valence-corrected chi connectivity index (χ3v) is 2.29. The maximum atomic E-state index is 11.5. The van der Waals surface area contributed by atoms with Crippen LogP contribution < -0.4 is 17.1 Å². The predicted octanol–water partition coefficient (Wildman–Crippen LogP) is -2.25. The topological polar surface area (TPSA) is 120 Å². The molecule has 6 N–H and O–H groups in total. The molecule has 1 saturated heterocycles. The molecule has 0 aromatic carbocycles. The minimum absolute atomic E-state index is 0.0706. The molecule has 0 radical (unpaired) electrons. The Bertz CT molecular complexity index is 267. The van der Waals surface area contributed by atoms with Crippen molar-refractivity contribution in [1.82, 2.24) is 15.2 Å². The van der Waals surface area contributed by atoms with Gasteiger partial charge in [-0.2, -0.15) is 0 Å². The van der Waals surface area contributed by atoms with E-state index in [1.54, 1.807) is 14.0 Å². The summed E-state index contributed by atoms with van der Waals surface area (Å²) >= 11 is 0. The number of aliphatic hydroxyl groups is 1. The van der Waals surface area contributed by atoms with E-state index in [2.05, 4.69) is 10.5 Å². The van der Waals surface area contributed by atoms with Gasteiger partial charge in [-0.3, -0.25) is 5.43 Å². The van der Waals surface area contributed by atoms with Crippen molar-refractivity contribution in [3.63, 3.8) is 0 Å². The summed E-state index contributed by atoms with van der Waals surface area (Å²) in [6, 6.07) is -0.750. The molecular formula is C6H14N6O2. The molecule has 8 nitrogen and oxygen atoms in total. The highest BCUT2D eigenvalue weighted by atomic mass is 16.3. The monoisotopic (exact) mass is 202 g/mol. The fraction of sp³-hybridized carbons (Fsp3) is 0.667. The molecule has 1 rings (SSSR count). The zero-order valence-electron chi connectivity index (χ0n) is 8.01. The van der Waals surface area contributed by atoms with E-state index in [1.165, 1.54) is 4.90 Å². The molecule has 80 valence electrons. The molecule has 1 fully saturated rings. The van der Waals surface area contributed by atoms with Crippen LogP contribution in [-0.2, 0) is 0 Å². The first kappa shape index (κ1) is 10.5. The van der Waals surface area contributed by atoms with E-state index in [4.69, 9.17) is 11.7 Å². The number of likely N-dealkylation sites (N-methyl/N-ethyl adjacent to an activating group) is 1. The van der Waals surface area contributed by atoms with Crippen molar-refractivity contribution in [2.45, 2.75) is 19.2 Å². The molecule has 0 spiro atoms. The number of nitrogens with zero attached hydrogens (tertiary/aromatic N) is 3. The number of hydrazone groups is 1. The molecule has 14 heavy (non-hydrogen) atoms. The van der Waals surface area contributed by atoms with Gasteiger partial charge in [-0.05, 0) is 6.92 Å². The Morgan fingerprint density at radius 2 is 2.29 bits per heavy atom. The van der Waals surface area contributed by atoms with Crippen molar-refractivity contribution < 1.29 is 9.90 Å². The zero-order valence-corrected chi connectivity index (χ0v) is 8.01. The Morgan fingerprint density at radius 3 is 2.57 bits per heavy atom. The van der Waals surface area contributed by atoms with Crippen molar-refractivity contribution in [3.05, 3.63) is 0 Å². The number of aliphatic hydroxyl groups excluding tert-OH is 1. The number of urea groups is 1. The van der Waals surface area contributed by atoms with Crippen molar-refractivity contribution in [2.75, 3.05) is 7.05 Å². The maximum absolute atomic E-state index is 11.5. The molecule has 2 atom stereocenters. The van der Waals surface area contributed by atoms with Gasteiger partial charge >= 0.3 is 6.03 Å². The Morgan fingerprint density at radius 1 is 1.71 bits per heavy atom. The first-order valence-electron chi connectivity index (χ1n) is 4.03. The number of rotatable bonds is 0. The number of hydrogen-bond donors (Lipinski definition) is 4. The lowest BCUT2D eigenvalue weighted by Gasteiger charge is -2.19. The van der Waals surface area contributed by atoms with Crippen LogP contribution in [0.25, 0.3) is 0 Å². The average Bonchev–Trinajstić information content (AvgIpc) is 2.37. The third-order valence-electron chi connectivity index (χ3n) is 2.29. The molecule has 0 aromatic heterocycles. The fourth-order valence-corrected chi connectivity index (χ4v) is 1.26. The summed E-state index contributed by atoms with van der Waals surface area (Å²) in [6.07, 6.45) is -1.01. The van der Waals surface area contributed by atoms with E-state index in [0.29, 0.717) is 0 Å². The van der Waals surface area contributed by atoms with E-state index < -0.39 is 12.3 Å². The van der Waals surface area contributed by atoms with Crippen LogP contribution in [0.2, 0.25) is 0 Å². The van der Waals surface area contributed by atoms with Crippen LogP contribution in [-0.4, -0.2) is 46.2 Å². The number of hydrogen-bond acceptors (Lipinski definition) is 5. The van der Waals surface area contributed by atoms with Gasteiger partial charge < -0.3 is 15.8 Å². The molecule has 1 heterocycles. The number of amides is 2. The Labute approximate surface area is 81.1 Å². The van der Waals surface area contributed by atoms with Gasteiger partial charge in [-0.1, -0.05) is 0 Å². The van der Waals surface area contributed by atoms with E-state index in [1.807, 2.05) is 0 Å². The SMILES string of the molecule is CC1C(O)N(/C(=N/N)NN)C(=O)N1C. The van der Waals surface area contributed by atoms with Crippen molar-refractivity contribution in [2.24, 2.45) is 16.8 Å². The summed E-state index contributed by atoms with van der Waals surface area (Å²) in [5.74, 6) is 10.0. The Balaban J connectivity index is 2.95. The largest absolute Gasteiger partial charge is 0.371 e. The van der Waals surface area contributed by atoms with Gasteiger partial charge in [0.25, 0.3) is 0 Å². The molecule has 2 amide bonds. The number of hydrazine groups is 1. The van der Waals surface area contributed by atoms with Crippen molar-refractivity contribution in [3.8, 4) is 0 Å². The predicted molar refractivity (Wildman–Crippen MR) is 49.4 cm³/mol. The second-order valence-corrected chi connectivity index (χ2v) is 3.01. The number of nitrogens with one attached hydrogen (secondary N) is 1. The summed E-state index contributed by atoms with van der Waals surface area (Å²) in [5.41, 5.74) is 2.14. The minimum atomic E-state index is -1.01. The molecule has 8 heteroatoms. The van der Waals surface area contributed by atoms with E-state index in [0.717, 1.165) is 4.90 Å². The number of nitrogens with two attached hydrogens (primary N) is 2. The maximum Gasteiger partial charge on any atom is 0.329 e. The molecule has 0 aromatic rings. The third kappa shape index (κ3) is 1.34. The zero-order chi connectivity index (χ0) is 10.9. The summed E-state index contributed by atoms with van der Waals surface area (Å²) in [7, 11) is 1.57. The summed E-state index contributed by atoms with van der Waals surface area (Å²) in [5, 5.41) is 12.9. The molecular weight excluding hydrogens is 188 g/mol. The lowest BCUT2D eigenvalue weighted by molar-refractivity contribution is 0.0721. The van der Waals surface area contributed by atoms with Gasteiger partial charge in [0.15, 0.2) is 6.23 Å². The number of carbonyl (C=O) groups excluding carboxylic acids is 1. The van der Waals surface area contributed by atoms with Gasteiger partial charge in [-0.15, -0.1) is 5.10 Å². The van der Waals surface area contributed by atoms with E-state index in [-0.39, 0.29) is 12.0 Å². The minimum Gasteiger partial charge on any atom is -0.371 e. The highest BCUT2D eigenvalue weighted by molar-refractivity contribution is 5.97. The average molecular weight is 202 g/mol. The van der Waals surface area contributed by atoms with E-state index >= 15 is 0 Å². The van der Waals surface area contributed by atoms with Gasteiger partial charge in [0.1, 0.15) is 0 Å². The van der Waals surface area contributed by atoms with Crippen LogP contribution in [0.4, 0.5) is 4.79 Å². The van der Waals surface area contributed by atoms with Gasteiger partial charge in [0.2, 0.25) is 5.96 Å². The standard InChI is InChI=1S/C6H14N6O2/c1-3-4(13)12(5(9-7)10-8)6(14)11(3)2/h3-4,13H,7-8H2,1-2H3,(H,9,10). The molecule has 1 aliphatic rings.